The Bertz CT molecular complexity index is 810. The minimum atomic E-state index is -0.124. The van der Waals surface area contributed by atoms with E-state index in [0.717, 1.165) is 16.1 Å². The van der Waals surface area contributed by atoms with E-state index in [0.29, 0.717) is 21.9 Å². The molecule has 108 valence electrons. The summed E-state index contributed by atoms with van der Waals surface area (Å²) in [5.41, 5.74) is 7.41. The van der Waals surface area contributed by atoms with Crippen LogP contribution in [0, 0.1) is 6.92 Å². The lowest BCUT2D eigenvalue weighted by atomic mass is 10.2. The molecule has 0 saturated carbocycles. The Morgan fingerprint density at radius 2 is 2.29 bits per heavy atom. The van der Waals surface area contributed by atoms with E-state index in [1.807, 2.05) is 12.3 Å². The third kappa shape index (κ3) is 2.59. The van der Waals surface area contributed by atoms with Crippen LogP contribution in [0.2, 0.25) is 0 Å². The lowest BCUT2D eigenvalue weighted by Crippen LogP contribution is -2.26. The van der Waals surface area contributed by atoms with E-state index in [9.17, 15) is 4.79 Å². The largest absolute Gasteiger partial charge is 0.397 e. The molecule has 8 heteroatoms. The molecule has 0 aliphatic rings. The summed E-state index contributed by atoms with van der Waals surface area (Å²) in [5, 5.41) is 11.5. The monoisotopic (exact) mass is 319 g/mol. The third-order valence-corrected chi connectivity index (χ3v) is 4.94. The van der Waals surface area contributed by atoms with Crippen LogP contribution in [0.15, 0.2) is 17.6 Å². The first kappa shape index (κ1) is 13.9. The summed E-state index contributed by atoms with van der Waals surface area (Å²) in [4.78, 5) is 19.7. The number of aromatic nitrogens is 3. The number of rotatable bonds is 3. The fraction of sp³-hybridized carbons (Fsp3) is 0.231. The molecule has 0 aliphatic heterocycles. The highest BCUT2D eigenvalue weighted by Crippen LogP contribution is 2.32. The van der Waals surface area contributed by atoms with Crippen molar-refractivity contribution in [1.82, 2.24) is 20.1 Å². The maximum absolute atomic E-state index is 12.5. The molecule has 3 aromatic rings. The van der Waals surface area contributed by atoms with E-state index < -0.39 is 0 Å². The maximum atomic E-state index is 12.5. The molecule has 0 atom stereocenters. The van der Waals surface area contributed by atoms with E-state index in [1.54, 1.807) is 35.5 Å². The topological polar surface area (TPSA) is 85.0 Å². The van der Waals surface area contributed by atoms with Crippen molar-refractivity contribution in [1.29, 1.82) is 0 Å². The fourth-order valence-electron chi connectivity index (χ4n) is 2.00. The molecule has 0 fully saturated rings. The zero-order valence-corrected chi connectivity index (χ0v) is 13.2. The molecule has 0 spiro atoms. The van der Waals surface area contributed by atoms with Crippen LogP contribution in [-0.2, 0) is 6.54 Å². The number of amides is 1. The summed E-state index contributed by atoms with van der Waals surface area (Å²) in [6.45, 7) is 2.40. The number of fused-ring (bicyclic) bond motifs is 1. The summed E-state index contributed by atoms with van der Waals surface area (Å²) in [6.07, 6.45) is 1.57. The van der Waals surface area contributed by atoms with Gasteiger partial charge < -0.3 is 10.6 Å². The first-order valence-electron chi connectivity index (χ1n) is 6.22. The lowest BCUT2D eigenvalue weighted by Gasteiger charge is -2.15. The van der Waals surface area contributed by atoms with E-state index >= 15 is 0 Å². The van der Waals surface area contributed by atoms with Gasteiger partial charge in [0.25, 0.3) is 5.91 Å². The third-order valence-electron chi connectivity index (χ3n) is 3.03. The van der Waals surface area contributed by atoms with Crippen molar-refractivity contribution >= 4 is 44.5 Å². The number of nitrogens with zero attached hydrogens (tertiary/aromatic N) is 4. The van der Waals surface area contributed by atoms with Gasteiger partial charge in [0.15, 0.2) is 0 Å². The van der Waals surface area contributed by atoms with Crippen molar-refractivity contribution in [3.8, 4) is 0 Å². The number of nitrogens with two attached hydrogens (primary N) is 1. The van der Waals surface area contributed by atoms with Crippen LogP contribution in [0.4, 0.5) is 5.69 Å². The molecular formula is C13H13N5OS2. The predicted octanol–water partition coefficient (Wildman–Crippen LogP) is 2.31. The highest BCUT2D eigenvalue weighted by atomic mass is 32.1. The van der Waals surface area contributed by atoms with Gasteiger partial charge in [-0.05, 0) is 13.0 Å². The predicted molar refractivity (Wildman–Crippen MR) is 84.5 cm³/mol. The van der Waals surface area contributed by atoms with E-state index in [-0.39, 0.29) is 5.91 Å². The van der Waals surface area contributed by atoms with Gasteiger partial charge in [0.05, 0.1) is 29.1 Å². The molecule has 6 nitrogen and oxygen atoms in total. The van der Waals surface area contributed by atoms with Gasteiger partial charge in [-0.25, -0.2) is 4.98 Å². The molecule has 21 heavy (non-hydrogen) atoms. The highest BCUT2D eigenvalue weighted by Gasteiger charge is 2.21. The van der Waals surface area contributed by atoms with Crippen LogP contribution in [0.1, 0.15) is 20.4 Å². The first-order chi connectivity index (χ1) is 10.1. The van der Waals surface area contributed by atoms with E-state index in [1.165, 1.54) is 11.3 Å². The Morgan fingerprint density at radius 3 is 2.95 bits per heavy atom. The summed E-state index contributed by atoms with van der Waals surface area (Å²) in [5.74, 6) is -0.124. The summed E-state index contributed by atoms with van der Waals surface area (Å²) in [6, 6.07) is 1.77. The molecule has 1 amide bonds. The number of carbonyl (C=O) groups is 1. The van der Waals surface area contributed by atoms with Crippen molar-refractivity contribution in [3.63, 3.8) is 0 Å². The van der Waals surface area contributed by atoms with Gasteiger partial charge in [0.2, 0.25) is 0 Å². The average molecular weight is 319 g/mol. The summed E-state index contributed by atoms with van der Waals surface area (Å²) in [7, 11) is 1.74. The number of anilines is 1. The Labute approximate surface area is 129 Å². The number of thiazole rings is 1. The summed E-state index contributed by atoms with van der Waals surface area (Å²) >= 11 is 2.84. The lowest BCUT2D eigenvalue weighted by molar-refractivity contribution is 0.0789. The molecule has 3 heterocycles. The van der Waals surface area contributed by atoms with Crippen molar-refractivity contribution < 1.29 is 4.79 Å². The molecule has 0 unspecified atom stereocenters. The van der Waals surface area contributed by atoms with Gasteiger partial charge in [-0.3, -0.25) is 4.79 Å². The number of hydrogen-bond acceptors (Lipinski definition) is 7. The Balaban J connectivity index is 1.87. The Kier molecular flexibility index (Phi) is 3.56. The van der Waals surface area contributed by atoms with Crippen molar-refractivity contribution in [2.75, 3.05) is 12.8 Å². The zero-order valence-electron chi connectivity index (χ0n) is 11.5. The van der Waals surface area contributed by atoms with Gasteiger partial charge in [-0.2, -0.15) is 5.10 Å². The number of nitrogen functional groups attached to an aromatic ring is 1. The molecule has 3 rings (SSSR count). The summed E-state index contributed by atoms with van der Waals surface area (Å²) < 4.78 is 0. The van der Waals surface area contributed by atoms with Crippen molar-refractivity contribution in [2.24, 2.45) is 0 Å². The first-order valence-corrected chi connectivity index (χ1v) is 7.92. The molecular weight excluding hydrogens is 306 g/mol. The number of carbonyl (C=O) groups excluding carboxylic acids is 1. The van der Waals surface area contributed by atoms with Crippen molar-refractivity contribution in [3.05, 3.63) is 33.2 Å². The normalized spacial score (nSPS) is 11.0. The molecule has 3 aromatic heterocycles. The van der Waals surface area contributed by atoms with Crippen LogP contribution in [0.5, 0.6) is 0 Å². The molecule has 2 N–H and O–H groups in total. The highest BCUT2D eigenvalue weighted by molar-refractivity contribution is 7.21. The van der Waals surface area contributed by atoms with Crippen LogP contribution >= 0.6 is 22.7 Å². The Hall–Kier alpha value is -2.06. The van der Waals surface area contributed by atoms with Gasteiger partial charge in [0.1, 0.15) is 9.71 Å². The standard InChI is InChI=1S/C13H13N5OS2/c1-7-16-8(6-20-7)5-18(2)13(19)11-10(14)9-3-4-15-17-12(9)21-11/h3-4,6H,5,14H2,1-2H3. The average Bonchev–Trinajstić information content (AvgIpc) is 3.03. The molecule has 0 aliphatic carbocycles. The second kappa shape index (κ2) is 5.38. The number of aryl methyl sites for hydroxylation is 1. The maximum Gasteiger partial charge on any atom is 0.266 e. The van der Waals surface area contributed by atoms with Gasteiger partial charge in [0, 0.05) is 17.8 Å². The molecule has 0 bridgehead atoms. The van der Waals surface area contributed by atoms with Crippen molar-refractivity contribution in [2.45, 2.75) is 13.5 Å². The van der Waals surface area contributed by atoms with Crippen LogP contribution < -0.4 is 5.73 Å². The van der Waals surface area contributed by atoms with Crippen LogP contribution in [0.3, 0.4) is 0 Å². The van der Waals surface area contributed by atoms with Gasteiger partial charge in [-0.1, -0.05) is 0 Å². The smallest absolute Gasteiger partial charge is 0.266 e. The molecule has 0 radical (unpaired) electrons. The quantitative estimate of drug-likeness (QED) is 0.800. The van der Waals surface area contributed by atoms with E-state index in [2.05, 4.69) is 15.2 Å². The molecule has 0 saturated heterocycles. The second-order valence-corrected chi connectivity index (χ2v) is 6.68. The Morgan fingerprint density at radius 1 is 1.48 bits per heavy atom. The SMILES string of the molecule is Cc1nc(CN(C)C(=O)c2sc3nnccc3c2N)cs1. The van der Waals surface area contributed by atoms with E-state index in [4.69, 9.17) is 5.73 Å². The van der Waals surface area contributed by atoms with Gasteiger partial charge >= 0.3 is 0 Å². The van der Waals surface area contributed by atoms with Gasteiger partial charge in [-0.15, -0.1) is 27.8 Å². The zero-order chi connectivity index (χ0) is 15.0. The number of thiophene rings is 1. The van der Waals surface area contributed by atoms with Crippen LogP contribution in [0.25, 0.3) is 10.2 Å². The molecule has 0 aromatic carbocycles. The minimum absolute atomic E-state index is 0.124. The number of hydrogen-bond donors (Lipinski definition) is 1. The fourth-order valence-corrected chi connectivity index (χ4v) is 3.64. The second-order valence-electron chi connectivity index (χ2n) is 4.61. The minimum Gasteiger partial charge on any atom is -0.397 e. The van der Waals surface area contributed by atoms with Crippen LogP contribution in [-0.4, -0.2) is 33.0 Å².